The minimum atomic E-state index is -0.748. The monoisotopic (exact) mass is 381 g/mol. The summed E-state index contributed by atoms with van der Waals surface area (Å²) in [6.45, 7) is 1.87. The summed E-state index contributed by atoms with van der Waals surface area (Å²) >= 11 is 2.18. The molecular weight excluding hydrogens is 369 g/mol. The quantitative estimate of drug-likeness (QED) is 0.621. The lowest BCUT2D eigenvalue weighted by Crippen LogP contribution is -2.29. The first-order valence-corrected chi connectivity index (χ1v) is 6.93. The van der Waals surface area contributed by atoms with Crippen molar-refractivity contribution in [1.29, 1.82) is 0 Å². The molecule has 0 saturated carbocycles. The average molecular weight is 381 g/mol. The number of carbonyl (C=O) groups is 2. The fourth-order valence-electron chi connectivity index (χ4n) is 1.56. The van der Waals surface area contributed by atoms with E-state index in [1.807, 2.05) is 19.1 Å². The van der Waals surface area contributed by atoms with Crippen molar-refractivity contribution >= 4 is 45.9 Å². The van der Waals surface area contributed by atoms with Crippen LogP contribution in [0.15, 0.2) is 42.6 Å². The summed E-state index contributed by atoms with van der Waals surface area (Å²) in [6, 6.07) is 10.6. The predicted octanol–water partition coefficient (Wildman–Crippen LogP) is 2.57. The lowest BCUT2D eigenvalue weighted by molar-refractivity contribution is -0.133. The van der Waals surface area contributed by atoms with Crippen LogP contribution in [0.5, 0.6) is 0 Å². The lowest BCUT2D eigenvalue weighted by Gasteiger charge is -2.08. The summed E-state index contributed by atoms with van der Waals surface area (Å²) in [5, 5.41) is 5.00. The van der Waals surface area contributed by atoms with Crippen LogP contribution in [0.2, 0.25) is 0 Å². The Morgan fingerprint density at radius 1 is 1.10 bits per heavy atom. The molecule has 0 saturated heterocycles. The van der Waals surface area contributed by atoms with E-state index in [4.69, 9.17) is 0 Å². The third kappa shape index (κ3) is 3.77. The molecule has 2 aromatic rings. The highest BCUT2D eigenvalue weighted by atomic mass is 127. The van der Waals surface area contributed by atoms with Crippen molar-refractivity contribution in [3.8, 4) is 0 Å². The number of nitrogens with zero attached hydrogens (tertiary/aromatic N) is 1. The highest BCUT2D eigenvalue weighted by Crippen LogP contribution is 2.17. The van der Waals surface area contributed by atoms with Gasteiger partial charge in [-0.3, -0.25) is 9.59 Å². The zero-order valence-corrected chi connectivity index (χ0v) is 12.8. The molecule has 2 rings (SSSR count). The molecular formula is C14H12IN3O2. The number of hydrogen-bond acceptors (Lipinski definition) is 3. The molecule has 0 bridgehead atoms. The lowest BCUT2D eigenvalue weighted by atomic mass is 10.2. The van der Waals surface area contributed by atoms with Crippen LogP contribution in [-0.4, -0.2) is 16.8 Å². The second-order valence-corrected chi connectivity index (χ2v) is 5.33. The number of carbonyl (C=O) groups excluding carboxylic acids is 2. The van der Waals surface area contributed by atoms with Crippen LogP contribution < -0.4 is 10.6 Å². The molecule has 0 atom stereocenters. The van der Waals surface area contributed by atoms with Crippen LogP contribution >= 0.6 is 22.6 Å². The van der Waals surface area contributed by atoms with Gasteiger partial charge in [0, 0.05) is 15.5 Å². The molecule has 0 aliphatic carbocycles. The highest BCUT2D eigenvalue weighted by molar-refractivity contribution is 14.1. The van der Waals surface area contributed by atoms with Crippen molar-refractivity contribution in [2.24, 2.45) is 0 Å². The van der Waals surface area contributed by atoms with Crippen LogP contribution in [0.1, 0.15) is 5.56 Å². The van der Waals surface area contributed by atoms with Crippen LogP contribution in [0.25, 0.3) is 0 Å². The van der Waals surface area contributed by atoms with Gasteiger partial charge in [-0.15, -0.1) is 0 Å². The molecule has 0 unspecified atom stereocenters. The minimum Gasteiger partial charge on any atom is -0.318 e. The van der Waals surface area contributed by atoms with Gasteiger partial charge in [-0.2, -0.15) is 0 Å². The summed E-state index contributed by atoms with van der Waals surface area (Å²) in [6.07, 6.45) is 1.54. The number of nitrogens with one attached hydrogen (secondary N) is 2. The standard InChI is InChI=1S/C14H12IN3O2/c1-9-8-10(15)5-6-11(9)17-13(19)14(20)18-12-4-2-3-7-16-12/h2-8H,1H3,(H,17,19)(H,16,18,20). The predicted molar refractivity (Wildman–Crippen MR) is 85.4 cm³/mol. The highest BCUT2D eigenvalue weighted by Gasteiger charge is 2.15. The molecule has 6 heteroatoms. The Morgan fingerprint density at radius 2 is 1.85 bits per heavy atom. The van der Waals surface area contributed by atoms with E-state index in [9.17, 15) is 9.59 Å². The summed E-state index contributed by atoms with van der Waals surface area (Å²) in [4.78, 5) is 27.5. The Balaban J connectivity index is 2.03. The van der Waals surface area contributed by atoms with E-state index in [0.29, 0.717) is 11.5 Å². The smallest absolute Gasteiger partial charge is 0.315 e. The number of rotatable bonds is 2. The SMILES string of the molecule is Cc1cc(I)ccc1NC(=O)C(=O)Nc1ccccn1. The van der Waals surface area contributed by atoms with Crippen molar-refractivity contribution in [3.05, 3.63) is 51.7 Å². The molecule has 1 heterocycles. The van der Waals surface area contributed by atoms with E-state index in [-0.39, 0.29) is 0 Å². The summed E-state index contributed by atoms with van der Waals surface area (Å²) in [5.41, 5.74) is 1.52. The molecule has 2 amide bonds. The van der Waals surface area contributed by atoms with Crippen molar-refractivity contribution in [2.75, 3.05) is 10.6 Å². The molecule has 2 N–H and O–H groups in total. The van der Waals surface area contributed by atoms with E-state index in [1.54, 1.807) is 24.3 Å². The molecule has 0 aliphatic heterocycles. The van der Waals surface area contributed by atoms with Crippen LogP contribution in [-0.2, 0) is 9.59 Å². The largest absolute Gasteiger partial charge is 0.318 e. The first-order chi connectivity index (χ1) is 9.56. The van der Waals surface area contributed by atoms with Crippen molar-refractivity contribution < 1.29 is 9.59 Å². The van der Waals surface area contributed by atoms with E-state index >= 15 is 0 Å². The fraction of sp³-hybridized carbons (Fsp3) is 0.0714. The first-order valence-electron chi connectivity index (χ1n) is 5.86. The maximum Gasteiger partial charge on any atom is 0.315 e. The topological polar surface area (TPSA) is 71.1 Å². The van der Waals surface area contributed by atoms with Crippen LogP contribution in [0, 0.1) is 10.5 Å². The summed E-state index contributed by atoms with van der Waals surface area (Å²) in [5.74, 6) is -1.13. The minimum absolute atomic E-state index is 0.340. The number of amides is 2. The van der Waals surface area contributed by atoms with Crippen molar-refractivity contribution in [2.45, 2.75) is 6.92 Å². The van der Waals surface area contributed by atoms with Gasteiger partial charge in [-0.1, -0.05) is 6.07 Å². The second-order valence-electron chi connectivity index (χ2n) is 4.08. The van der Waals surface area contributed by atoms with Gasteiger partial charge in [0.1, 0.15) is 5.82 Å². The van der Waals surface area contributed by atoms with Crippen molar-refractivity contribution in [1.82, 2.24) is 4.98 Å². The van der Waals surface area contributed by atoms with Gasteiger partial charge >= 0.3 is 11.8 Å². The molecule has 0 aliphatic rings. The zero-order chi connectivity index (χ0) is 14.5. The van der Waals surface area contributed by atoms with E-state index in [1.165, 1.54) is 6.20 Å². The number of anilines is 2. The number of pyridine rings is 1. The molecule has 102 valence electrons. The molecule has 5 nitrogen and oxygen atoms in total. The number of halogens is 1. The Labute approximate surface area is 129 Å². The molecule has 0 fully saturated rings. The number of hydrogen-bond donors (Lipinski definition) is 2. The Bertz CT molecular complexity index is 644. The number of aromatic nitrogens is 1. The Hall–Kier alpha value is -1.96. The van der Waals surface area contributed by atoms with Gasteiger partial charge in [0.25, 0.3) is 0 Å². The normalized spacial score (nSPS) is 9.90. The molecule has 0 spiro atoms. The van der Waals surface area contributed by atoms with Crippen LogP contribution in [0.4, 0.5) is 11.5 Å². The molecule has 1 aromatic heterocycles. The Morgan fingerprint density at radius 3 is 2.50 bits per heavy atom. The molecule has 0 radical (unpaired) electrons. The van der Waals surface area contributed by atoms with E-state index in [2.05, 4.69) is 38.2 Å². The van der Waals surface area contributed by atoms with Crippen molar-refractivity contribution in [3.63, 3.8) is 0 Å². The van der Waals surface area contributed by atoms with Gasteiger partial charge in [0.2, 0.25) is 0 Å². The van der Waals surface area contributed by atoms with E-state index < -0.39 is 11.8 Å². The van der Waals surface area contributed by atoms with Gasteiger partial charge < -0.3 is 10.6 Å². The Kier molecular flexibility index (Phi) is 4.67. The van der Waals surface area contributed by atoms with Gasteiger partial charge in [-0.25, -0.2) is 4.98 Å². The fourth-order valence-corrected chi connectivity index (χ4v) is 2.20. The van der Waals surface area contributed by atoms with E-state index in [0.717, 1.165) is 9.13 Å². The maximum absolute atomic E-state index is 11.8. The number of aryl methyl sites for hydroxylation is 1. The zero-order valence-electron chi connectivity index (χ0n) is 10.7. The summed E-state index contributed by atoms with van der Waals surface area (Å²) in [7, 11) is 0. The maximum atomic E-state index is 11.8. The second kappa shape index (κ2) is 6.47. The molecule has 1 aromatic carbocycles. The average Bonchev–Trinajstić information content (AvgIpc) is 2.43. The third-order valence-electron chi connectivity index (χ3n) is 2.55. The van der Waals surface area contributed by atoms with Gasteiger partial charge in [-0.05, 0) is 65.4 Å². The first kappa shape index (κ1) is 14.4. The van der Waals surface area contributed by atoms with Crippen LogP contribution in [0.3, 0.4) is 0 Å². The van der Waals surface area contributed by atoms with Gasteiger partial charge in [0.15, 0.2) is 0 Å². The number of benzene rings is 1. The molecule has 20 heavy (non-hydrogen) atoms. The summed E-state index contributed by atoms with van der Waals surface area (Å²) < 4.78 is 1.07. The van der Waals surface area contributed by atoms with Gasteiger partial charge in [0.05, 0.1) is 0 Å². The third-order valence-corrected chi connectivity index (χ3v) is 3.22.